The maximum atomic E-state index is 12.2. The monoisotopic (exact) mass is 298 g/mol. The van der Waals surface area contributed by atoms with Crippen molar-refractivity contribution in [3.63, 3.8) is 0 Å². The molecule has 1 unspecified atom stereocenters. The number of hydrogen-bond donors (Lipinski definition) is 1. The number of aromatic nitrogens is 1. The molecule has 0 aliphatic carbocycles. The number of sulfone groups is 1. The second-order valence-electron chi connectivity index (χ2n) is 4.74. The number of carbonyl (C=O) groups excluding carboxylic acids is 1. The highest BCUT2D eigenvalue weighted by Crippen LogP contribution is 2.15. The maximum absolute atomic E-state index is 12.2. The lowest BCUT2D eigenvalue weighted by Crippen LogP contribution is -2.46. The van der Waals surface area contributed by atoms with Gasteiger partial charge in [-0.25, -0.2) is 8.42 Å². The molecule has 1 atom stereocenters. The van der Waals surface area contributed by atoms with E-state index in [-0.39, 0.29) is 29.8 Å². The molecule has 2 heterocycles. The Kier molecular flexibility index (Phi) is 4.72. The zero-order valence-electron chi connectivity index (χ0n) is 11.3. The summed E-state index contributed by atoms with van der Waals surface area (Å²) in [6.07, 6.45) is 3.17. The maximum Gasteiger partial charge on any atom is 0.166 e. The predicted octanol–water partition coefficient (Wildman–Crippen LogP) is 0.440. The molecule has 7 heteroatoms. The minimum atomic E-state index is -3.03. The zero-order valence-corrected chi connectivity index (χ0v) is 12.1. The third kappa shape index (κ3) is 4.01. The Balaban J connectivity index is 2.02. The van der Waals surface area contributed by atoms with Crippen LogP contribution >= 0.6 is 0 Å². The van der Waals surface area contributed by atoms with E-state index >= 15 is 0 Å². The summed E-state index contributed by atoms with van der Waals surface area (Å²) >= 11 is 0. The second kappa shape index (κ2) is 6.32. The van der Waals surface area contributed by atoms with Crippen molar-refractivity contribution < 1.29 is 17.9 Å². The fraction of sp³-hybridized carbons (Fsp3) is 0.538. The van der Waals surface area contributed by atoms with Gasteiger partial charge in [-0.1, -0.05) is 0 Å². The molecule has 1 N–H and O–H groups in total. The van der Waals surface area contributed by atoms with Crippen molar-refractivity contribution in [3.8, 4) is 5.75 Å². The van der Waals surface area contributed by atoms with Crippen LogP contribution in [-0.4, -0.2) is 49.9 Å². The summed E-state index contributed by atoms with van der Waals surface area (Å²) in [6.45, 7) is 2.75. The molecule has 0 bridgehead atoms. The highest BCUT2D eigenvalue weighted by atomic mass is 32.2. The van der Waals surface area contributed by atoms with Gasteiger partial charge in [0.15, 0.2) is 15.6 Å². The SMILES string of the molecule is CCOc1cncc(C(=O)CC2CS(=O)(=O)CCN2)c1. The van der Waals surface area contributed by atoms with Gasteiger partial charge in [0.25, 0.3) is 0 Å². The first-order chi connectivity index (χ1) is 9.50. The van der Waals surface area contributed by atoms with Gasteiger partial charge < -0.3 is 10.1 Å². The summed E-state index contributed by atoms with van der Waals surface area (Å²) in [4.78, 5) is 16.1. The standard InChI is InChI=1S/C13H18N2O4S/c1-2-19-12-5-10(7-14-8-12)13(16)6-11-9-20(17,18)4-3-15-11/h5,7-8,11,15H,2-4,6,9H2,1H3. The van der Waals surface area contributed by atoms with Gasteiger partial charge in [0.2, 0.25) is 0 Å². The number of ketones is 1. The van der Waals surface area contributed by atoms with E-state index in [1.807, 2.05) is 6.92 Å². The van der Waals surface area contributed by atoms with Crippen molar-refractivity contribution in [1.29, 1.82) is 0 Å². The summed E-state index contributed by atoms with van der Waals surface area (Å²) < 4.78 is 28.4. The first-order valence-corrected chi connectivity index (χ1v) is 8.37. The van der Waals surface area contributed by atoms with Crippen LogP contribution in [0.1, 0.15) is 23.7 Å². The molecule has 1 aliphatic heterocycles. The molecule has 1 aromatic heterocycles. The topological polar surface area (TPSA) is 85.4 Å². The minimum absolute atomic E-state index is 0.0112. The largest absolute Gasteiger partial charge is 0.492 e. The molecule has 20 heavy (non-hydrogen) atoms. The van der Waals surface area contributed by atoms with Crippen LogP contribution in [0.3, 0.4) is 0 Å². The molecule has 1 saturated heterocycles. The normalized spacial score (nSPS) is 21.4. The molecule has 2 rings (SSSR count). The van der Waals surface area contributed by atoms with Gasteiger partial charge in [0.1, 0.15) is 5.75 Å². The van der Waals surface area contributed by atoms with Gasteiger partial charge in [-0.2, -0.15) is 0 Å². The van der Waals surface area contributed by atoms with Gasteiger partial charge in [0, 0.05) is 30.8 Å². The Morgan fingerprint density at radius 2 is 2.30 bits per heavy atom. The van der Waals surface area contributed by atoms with E-state index in [4.69, 9.17) is 4.74 Å². The molecule has 0 spiro atoms. The highest BCUT2D eigenvalue weighted by molar-refractivity contribution is 7.91. The zero-order chi connectivity index (χ0) is 14.6. The van der Waals surface area contributed by atoms with E-state index in [1.165, 1.54) is 6.20 Å². The number of nitrogens with one attached hydrogen (secondary N) is 1. The van der Waals surface area contributed by atoms with Gasteiger partial charge >= 0.3 is 0 Å². The van der Waals surface area contributed by atoms with E-state index in [1.54, 1.807) is 12.3 Å². The molecule has 110 valence electrons. The lowest BCUT2D eigenvalue weighted by Gasteiger charge is -2.22. The van der Waals surface area contributed by atoms with Gasteiger partial charge in [0.05, 0.1) is 24.3 Å². The molecule has 1 aromatic rings. The van der Waals surface area contributed by atoms with E-state index < -0.39 is 9.84 Å². The van der Waals surface area contributed by atoms with Crippen LogP contribution < -0.4 is 10.1 Å². The molecule has 0 aromatic carbocycles. The number of ether oxygens (including phenoxy) is 1. The average Bonchev–Trinajstić information content (AvgIpc) is 2.38. The number of nitrogens with zero attached hydrogens (tertiary/aromatic N) is 1. The average molecular weight is 298 g/mol. The summed E-state index contributed by atoms with van der Waals surface area (Å²) in [5.41, 5.74) is 0.445. The van der Waals surface area contributed by atoms with Crippen LogP contribution in [0.5, 0.6) is 5.75 Å². The number of rotatable bonds is 5. The van der Waals surface area contributed by atoms with E-state index in [2.05, 4.69) is 10.3 Å². The van der Waals surface area contributed by atoms with E-state index in [0.29, 0.717) is 24.5 Å². The summed E-state index contributed by atoms with van der Waals surface area (Å²) in [5.74, 6) is 0.562. The number of carbonyl (C=O) groups is 1. The second-order valence-corrected chi connectivity index (χ2v) is 6.96. The van der Waals surface area contributed by atoms with Crippen molar-refractivity contribution in [2.24, 2.45) is 0 Å². The molecule has 0 radical (unpaired) electrons. The first-order valence-electron chi connectivity index (χ1n) is 6.55. The number of hydrogen-bond acceptors (Lipinski definition) is 6. The Bertz CT molecular complexity index is 586. The van der Waals surface area contributed by atoms with Gasteiger partial charge in [-0.15, -0.1) is 0 Å². The molecule has 1 fully saturated rings. The summed E-state index contributed by atoms with van der Waals surface area (Å²) in [5, 5.41) is 3.06. The minimum Gasteiger partial charge on any atom is -0.492 e. The molecule has 0 saturated carbocycles. The fourth-order valence-corrected chi connectivity index (χ4v) is 3.60. The lowest BCUT2D eigenvalue weighted by atomic mass is 10.1. The van der Waals surface area contributed by atoms with E-state index in [9.17, 15) is 13.2 Å². The van der Waals surface area contributed by atoms with Crippen LogP contribution in [0.15, 0.2) is 18.5 Å². The third-order valence-corrected chi connectivity index (χ3v) is 4.82. The van der Waals surface area contributed by atoms with Gasteiger partial charge in [-0.3, -0.25) is 9.78 Å². The smallest absolute Gasteiger partial charge is 0.166 e. The lowest BCUT2D eigenvalue weighted by molar-refractivity contribution is 0.0971. The van der Waals surface area contributed by atoms with Crippen LogP contribution in [0.4, 0.5) is 0 Å². The molecular formula is C13H18N2O4S. The van der Waals surface area contributed by atoms with Crippen molar-refractivity contribution in [2.45, 2.75) is 19.4 Å². The number of pyridine rings is 1. The Morgan fingerprint density at radius 3 is 3.00 bits per heavy atom. The highest BCUT2D eigenvalue weighted by Gasteiger charge is 2.26. The number of Topliss-reactive ketones (excluding diaryl/α,β-unsaturated/α-hetero) is 1. The van der Waals surface area contributed by atoms with Crippen LogP contribution in [0.2, 0.25) is 0 Å². The van der Waals surface area contributed by atoms with Crippen LogP contribution in [-0.2, 0) is 9.84 Å². The fourth-order valence-electron chi connectivity index (χ4n) is 2.16. The summed E-state index contributed by atoms with van der Waals surface area (Å²) in [6, 6.07) is 1.31. The van der Waals surface area contributed by atoms with Crippen molar-refractivity contribution in [2.75, 3.05) is 24.7 Å². The van der Waals surface area contributed by atoms with E-state index in [0.717, 1.165) is 0 Å². The third-order valence-electron chi connectivity index (χ3n) is 3.08. The van der Waals surface area contributed by atoms with Crippen molar-refractivity contribution >= 4 is 15.6 Å². The Hall–Kier alpha value is -1.47. The quantitative estimate of drug-likeness (QED) is 0.794. The molecule has 1 aliphatic rings. The predicted molar refractivity (Wildman–Crippen MR) is 74.8 cm³/mol. The van der Waals surface area contributed by atoms with Crippen LogP contribution in [0.25, 0.3) is 0 Å². The molecule has 0 amide bonds. The first kappa shape index (κ1) is 14.9. The Morgan fingerprint density at radius 1 is 1.50 bits per heavy atom. The van der Waals surface area contributed by atoms with Crippen molar-refractivity contribution in [3.05, 3.63) is 24.0 Å². The van der Waals surface area contributed by atoms with Crippen LogP contribution in [0, 0.1) is 0 Å². The molecule has 6 nitrogen and oxygen atoms in total. The van der Waals surface area contributed by atoms with Crippen molar-refractivity contribution in [1.82, 2.24) is 10.3 Å². The Labute approximate surface area is 118 Å². The van der Waals surface area contributed by atoms with Gasteiger partial charge in [-0.05, 0) is 13.0 Å². The summed E-state index contributed by atoms with van der Waals surface area (Å²) in [7, 11) is -3.03. The molecular weight excluding hydrogens is 280 g/mol.